The lowest BCUT2D eigenvalue weighted by Crippen LogP contribution is -1.90. The smallest absolute Gasteiger partial charge is 0.180 e. The van der Waals surface area contributed by atoms with Gasteiger partial charge in [-0.1, -0.05) is 13.8 Å². The van der Waals surface area contributed by atoms with Crippen LogP contribution in [0.3, 0.4) is 0 Å². The minimum absolute atomic E-state index is 0.764. The minimum Gasteiger partial charge on any atom is -0.329 e. The Hall–Kier alpha value is -1.45. The molecule has 2 aromatic heterocycles. The highest BCUT2D eigenvalue weighted by Crippen LogP contribution is 2.08. The van der Waals surface area contributed by atoms with Crippen LogP contribution in [0, 0.1) is 6.92 Å². The third-order valence-corrected chi connectivity index (χ3v) is 1.79. The van der Waals surface area contributed by atoms with Crippen molar-refractivity contribution in [3.8, 4) is 0 Å². The van der Waals surface area contributed by atoms with E-state index in [1.54, 1.807) is 6.20 Å². The normalized spacial score (nSPS) is 9.54. The molecule has 0 aliphatic heterocycles. The van der Waals surface area contributed by atoms with Gasteiger partial charge in [-0.25, -0.2) is 15.0 Å². The molecule has 0 unspecified atom stereocenters. The summed E-state index contributed by atoms with van der Waals surface area (Å²) >= 11 is 0. The zero-order chi connectivity index (χ0) is 9.84. The first-order valence-corrected chi connectivity index (χ1v) is 4.38. The molecule has 0 atom stereocenters. The Morgan fingerprint density at radius 2 is 2.00 bits per heavy atom. The Bertz CT molecular complexity index is 391. The molecule has 0 radical (unpaired) electrons. The lowest BCUT2D eigenvalue weighted by Gasteiger charge is -1.92. The van der Waals surface area contributed by atoms with E-state index in [1.165, 1.54) is 6.33 Å². The number of hydrogen-bond donors (Lipinski definition) is 0. The van der Waals surface area contributed by atoms with Crippen LogP contribution in [-0.4, -0.2) is 19.5 Å². The number of aryl methyl sites for hydroxylation is 2. The summed E-state index contributed by atoms with van der Waals surface area (Å²) in [7, 11) is 1.95. The van der Waals surface area contributed by atoms with Crippen molar-refractivity contribution in [3.05, 3.63) is 18.3 Å². The summed E-state index contributed by atoms with van der Waals surface area (Å²) in [6.45, 7) is 5.95. The topological polar surface area (TPSA) is 43.6 Å². The van der Waals surface area contributed by atoms with Crippen molar-refractivity contribution in [1.29, 1.82) is 0 Å². The molecule has 0 spiro atoms. The Kier molecular flexibility index (Phi) is 2.95. The largest absolute Gasteiger partial charge is 0.329 e. The van der Waals surface area contributed by atoms with Crippen LogP contribution < -0.4 is 0 Å². The Balaban J connectivity index is 0.000000396. The van der Waals surface area contributed by atoms with Crippen LogP contribution in [0.5, 0.6) is 0 Å². The van der Waals surface area contributed by atoms with Crippen LogP contribution in [-0.2, 0) is 7.05 Å². The Morgan fingerprint density at radius 3 is 2.62 bits per heavy atom. The van der Waals surface area contributed by atoms with Gasteiger partial charge in [-0.05, 0) is 6.92 Å². The van der Waals surface area contributed by atoms with Crippen molar-refractivity contribution in [3.63, 3.8) is 0 Å². The third kappa shape index (κ3) is 1.66. The third-order valence-electron chi connectivity index (χ3n) is 1.79. The monoisotopic (exact) mass is 178 g/mol. The molecule has 0 fully saturated rings. The van der Waals surface area contributed by atoms with E-state index < -0.39 is 0 Å². The fourth-order valence-electron chi connectivity index (χ4n) is 1.04. The van der Waals surface area contributed by atoms with Gasteiger partial charge >= 0.3 is 0 Å². The van der Waals surface area contributed by atoms with Gasteiger partial charge in [0.15, 0.2) is 5.65 Å². The van der Waals surface area contributed by atoms with E-state index in [2.05, 4.69) is 15.0 Å². The number of imidazole rings is 1. The molecule has 2 aromatic rings. The standard InChI is InChI=1S/C7H8N4.C2H6/c1-5-10-7-6(11(5)2)3-8-4-9-7;1-2/h3-4H,1-2H3;1-2H3. The highest BCUT2D eigenvalue weighted by atomic mass is 15.1. The molecule has 0 aliphatic carbocycles. The van der Waals surface area contributed by atoms with E-state index in [0.717, 1.165) is 17.0 Å². The van der Waals surface area contributed by atoms with Crippen molar-refractivity contribution >= 4 is 11.2 Å². The molecule has 4 nitrogen and oxygen atoms in total. The van der Waals surface area contributed by atoms with Crippen LogP contribution in [0.15, 0.2) is 12.5 Å². The quantitative estimate of drug-likeness (QED) is 0.616. The second-order valence-corrected chi connectivity index (χ2v) is 2.45. The van der Waals surface area contributed by atoms with Gasteiger partial charge in [-0.2, -0.15) is 0 Å². The maximum Gasteiger partial charge on any atom is 0.180 e. The van der Waals surface area contributed by atoms with Gasteiger partial charge in [0.25, 0.3) is 0 Å². The molecule has 0 saturated carbocycles. The lowest BCUT2D eigenvalue weighted by atomic mass is 10.5. The van der Waals surface area contributed by atoms with Gasteiger partial charge < -0.3 is 4.57 Å². The summed E-state index contributed by atoms with van der Waals surface area (Å²) in [5, 5.41) is 0. The molecular weight excluding hydrogens is 164 g/mol. The van der Waals surface area contributed by atoms with Crippen molar-refractivity contribution in [1.82, 2.24) is 19.5 Å². The molecule has 0 saturated heterocycles. The molecule has 0 aromatic carbocycles. The van der Waals surface area contributed by atoms with Crippen LogP contribution >= 0.6 is 0 Å². The van der Waals surface area contributed by atoms with Gasteiger partial charge in [0, 0.05) is 7.05 Å². The molecule has 0 N–H and O–H groups in total. The van der Waals surface area contributed by atoms with Gasteiger partial charge in [0.1, 0.15) is 17.7 Å². The number of nitrogens with zero attached hydrogens (tertiary/aromatic N) is 4. The second kappa shape index (κ2) is 3.98. The molecule has 70 valence electrons. The molecule has 0 aliphatic rings. The summed E-state index contributed by atoms with van der Waals surface area (Å²) < 4.78 is 1.97. The average molecular weight is 178 g/mol. The molecule has 13 heavy (non-hydrogen) atoms. The SMILES string of the molecule is CC.Cc1nc2ncncc2n1C. The van der Waals surface area contributed by atoms with Crippen molar-refractivity contribution in [2.45, 2.75) is 20.8 Å². The first-order chi connectivity index (χ1) is 6.29. The highest BCUT2D eigenvalue weighted by Gasteiger charge is 2.02. The van der Waals surface area contributed by atoms with Gasteiger partial charge in [0.2, 0.25) is 0 Å². The summed E-state index contributed by atoms with van der Waals surface area (Å²) in [5.74, 6) is 0.959. The van der Waals surface area contributed by atoms with E-state index in [-0.39, 0.29) is 0 Å². The predicted octanol–water partition coefficient (Wildman–Crippen LogP) is 1.70. The summed E-state index contributed by atoms with van der Waals surface area (Å²) in [5.41, 5.74) is 1.74. The van der Waals surface area contributed by atoms with Crippen LogP contribution in [0.4, 0.5) is 0 Å². The fraction of sp³-hybridized carbons (Fsp3) is 0.444. The Morgan fingerprint density at radius 1 is 1.31 bits per heavy atom. The summed E-state index contributed by atoms with van der Waals surface area (Å²) in [6.07, 6.45) is 3.27. The maximum absolute atomic E-state index is 4.22. The van der Waals surface area contributed by atoms with E-state index in [0.29, 0.717) is 0 Å². The van der Waals surface area contributed by atoms with Crippen LogP contribution in [0.1, 0.15) is 19.7 Å². The van der Waals surface area contributed by atoms with Crippen LogP contribution in [0.2, 0.25) is 0 Å². The molecule has 4 heteroatoms. The molecule has 2 rings (SSSR count). The number of rotatable bonds is 0. The van der Waals surface area contributed by atoms with Crippen molar-refractivity contribution in [2.75, 3.05) is 0 Å². The zero-order valence-corrected chi connectivity index (χ0v) is 8.44. The zero-order valence-electron chi connectivity index (χ0n) is 8.44. The van der Waals surface area contributed by atoms with Crippen molar-refractivity contribution < 1.29 is 0 Å². The first-order valence-electron chi connectivity index (χ1n) is 4.38. The van der Waals surface area contributed by atoms with Crippen molar-refractivity contribution in [2.24, 2.45) is 7.05 Å². The van der Waals surface area contributed by atoms with E-state index in [9.17, 15) is 0 Å². The van der Waals surface area contributed by atoms with E-state index in [1.807, 2.05) is 32.4 Å². The van der Waals surface area contributed by atoms with Gasteiger partial charge in [-0.3, -0.25) is 0 Å². The Labute approximate surface area is 77.7 Å². The predicted molar refractivity (Wildman–Crippen MR) is 52.4 cm³/mol. The highest BCUT2D eigenvalue weighted by molar-refractivity contribution is 5.69. The fourth-order valence-corrected chi connectivity index (χ4v) is 1.04. The average Bonchev–Trinajstić information content (AvgIpc) is 2.47. The molecular formula is C9H14N4. The minimum atomic E-state index is 0.764. The van der Waals surface area contributed by atoms with Gasteiger partial charge in [0.05, 0.1) is 6.20 Å². The van der Waals surface area contributed by atoms with Gasteiger partial charge in [-0.15, -0.1) is 0 Å². The number of fused-ring (bicyclic) bond motifs is 1. The van der Waals surface area contributed by atoms with Crippen LogP contribution in [0.25, 0.3) is 11.2 Å². The summed E-state index contributed by atoms with van der Waals surface area (Å²) in [6, 6.07) is 0. The lowest BCUT2D eigenvalue weighted by molar-refractivity contribution is 0.884. The second-order valence-electron chi connectivity index (χ2n) is 2.45. The maximum atomic E-state index is 4.22. The van der Waals surface area contributed by atoms with E-state index >= 15 is 0 Å². The van der Waals surface area contributed by atoms with E-state index in [4.69, 9.17) is 0 Å². The molecule has 2 heterocycles. The number of hydrogen-bond acceptors (Lipinski definition) is 3. The molecule has 0 amide bonds. The number of aromatic nitrogens is 4. The molecule has 0 bridgehead atoms. The first kappa shape index (κ1) is 9.64. The summed E-state index contributed by atoms with van der Waals surface area (Å²) in [4.78, 5) is 12.2.